The molecule has 1 N–H and O–H groups in total. The molecule has 0 unspecified atom stereocenters. The molecule has 0 fully saturated rings. The maximum atomic E-state index is 12.9. The zero-order chi connectivity index (χ0) is 11.9. The Balaban J connectivity index is 2.51. The first-order valence-electron chi connectivity index (χ1n) is 4.38. The summed E-state index contributed by atoms with van der Waals surface area (Å²) < 4.78 is 12.9. The second kappa shape index (κ2) is 3.41. The number of ketones is 1. The van der Waals surface area contributed by atoms with Crippen LogP contribution in [-0.2, 0) is 9.59 Å². The summed E-state index contributed by atoms with van der Waals surface area (Å²) in [6, 6.07) is 3.20. The van der Waals surface area contributed by atoms with Crippen molar-refractivity contribution in [2.75, 3.05) is 11.4 Å². The number of fused-ring (bicyclic) bond motifs is 1. The Morgan fingerprint density at radius 3 is 2.69 bits per heavy atom. The minimum Gasteiger partial charge on any atom is -0.480 e. The lowest BCUT2D eigenvalue weighted by molar-refractivity contribution is -0.136. The molecule has 0 radical (unpaired) electrons. The van der Waals surface area contributed by atoms with Gasteiger partial charge in [-0.15, -0.1) is 0 Å². The third kappa shape index (κ3) is 1.44. The minimum absolute atomic E-state index is 0.0115. The summed E-state index contributed by atoms with van der Waals surface area (Å²) in [6.45, 7) is -0.652. The van der Waals surface area contributed by atoms with Gasteiger partial charge in [0, 0.05) is 0 Å². The number of aliphatic carboxylic acids is 1. The highest BCUT2D eigenvalue weighted by molar-refractivity contribution is 6.52. The lowest BCUT2D eigenvalue weighted by Gasteiger charge is -2.12. The molecule has 0 saturated carbocycles. The van der Waals surface area contributed by atoms with Crippen molar-refractivity contribution in [3.63, 3.8) is 0 Å². The molecule has 1 aliphatic heterocycles. The number of halogens is 1. The number of nitrogens with zero attached hydrogens (tertiary/aromatic N) is 1. The average molecular weight is 223 g/mol. The van der Waals surface area contributed by atoms with Crippen LogP contribution in [0.5, 0.6) is 0 Å². The third-order valence-electron chi connectivity index (χ3n) is 2.23. The van der Waals surface area contributed by atoms with Crippen LogP contribution in [0, 0.1) is 5.82 Å². The molecule has 1 aliphatic rings. The van der Waals surface area contributed by atoms with Crippen molar-refractivity contribution in [3.8, 4) is 0 Å². The van der Waals surface area contributed by atoms with Crippen LogP contribution in [0.3, 0.4) is 0 Å². The lowest BCUT2D eigenvalue weighted by Crippen LogP contribution is -2.34. The van der Waals surface area contributed by atoms with Crippen LogP contribution in [0.15, 0.2) is 18.2 Å². The largest absolute Gasteiger partial charge is 0.480 e. The van der Waals surface area contributed by atoms with E-state index in [0.29, 0.717) is 0 Å². The van der Waals surface area contributed by atoms with Crippen LogP contribution >= 0.6 is 0 Å². The van der Waals surface area contributed by atoms with E-state index in [1.165, 1.54) is 6.07 Å². The minimum atomic E-state index is -1.27. The molecule has 0 spiro atoms. The van der Waals surface area contributed by atoms with E-state index in [1.807, 2.05) is 0 Å². The number of anilines is 1. The number of hydrogen-bond acceptors (Lipinski definition) is 3. The average Bonchev–Trinajstić information content (AvgIpc) is 2.43. The van der Waals surface area contributed by atoms with Gasteiger partial charge in [0.25, 0.3) is 11.7 Å². The zero-order valence-corrected chi connectivity index (χ0v) is 7.94. The van der Waals surface area contributed by atoms with Crippen LogP contribution in [-0.4, -0.2) is 29.3 Å². The van der Waals surface area contributed by atoms with Gasteiger partial charge in [-0.2, -0.15) is 0 Å². The summed E-state index contributed by atoms with van der Waals surface area (Å²) in [5, 5.41) is 8.57. The van der Waals surface area contributed by atoms with E-state index < -0.39 is 30.0 Å². The molecule has 82 valence electrons. The van der Waals surface area contributed by atoms with Crippen molar-refractivity contribution in [1.29, 1.82) is 0 Å². The molecule has 1 amide bonds. The van der Waals surface area contributed by atoms with Gasteiger partial charge in [-0.3, -0.25) is 19.3 Å². The predicted molar refractivity (Wildman–Crippen MR) is 50.7 cm³/mol. The predicted octanol–water partition coefficient (Wildman–Crippen LogP) is 0.440. The maximum absolute atomic E-state index is 12.9. The standard InChI is InChI=1S/C10H6FNO4/c11-5-1-2-6-7(3-5)12(4-8(13)14)10(16)9(6)15/h1-3H,4H2,(H,13,14). The van der Waals surface area contributed by atoms with Gasteiger partial charge in [-0.05, 0) is 18.2 Å². The van der Waals surface area contributed by atoms with Crippen molar-refractivity contribution in [1.82, 2.24) is 0 Å². The molecule has 0 saturated heterocycles. The van der Waals surface area contributed by atoms with Crippen LogP contribution in [0.1, 0.15) is 10.4 Å². The van der Waals surface area contributed by atoms with E-state index in [0.717, 1.165) is 17.0 Å². The molecule has 6 heteroatoms. The van der Waals surface area contributed by atoms with Gasteiger partial charge in [0.05, 0.1) is 11.3 Å². The smallest absolute Gasteiger partial charge is 0.323 e. The summed E-state index contributed by atoms with van der Waals surface area (Å²) >= 11 is 0. The summed E-state index contributed by atoms with van der Waals surface area (Å²) in [4.78, 5) is 34.0. The molecule has 0 bridgehead atoms. The molecule has 1 heterocycles. The number of Topliss-reactive ketones (excluding diaryl/α,β-unsaturated/α-hetero) is 1. The third-order valence-corrected chi connectivity index (χ3v) is 2.23. The van der Waals surface area contributed by atoms with Gasteiger partial charge >= 0.3 is 5.97 Å². The van der Waals surface area contributed by atoms with Crippen LogP contribution < -0.4 is 4.90 Å². The summed E-state index contributed by atoms with van der Waals surface area (Å²) in [5.74, 6) is -3.64. The van der Waals surface area contributed by atoms with Crippen LogP contribution in [0.25, 0.3) is 0 Å². The number of carbonyl (C=O) groups excluding carboxylic acids is 2. The summed E-state index contributed by atoms with van der Waals surface area (Å²) in [5.41, 5.74) is 0.0463. The monoisotopic (exact) mass is 223 g/mol. The van der Waals surface area contributed by atoms with E-state index in [4.69, 9.17) is 5.11 Å². The molecule has 0 aromatic heterocycles. The van der Waals surface area contributed by atoms with Crippen molar-refractivity contribution >= 4 is 23.3 Å². The first-order valence-corrected chi connectivity index (χ1v) is 4.38. The topological polar surface area (TPSA) is 74.7 Å². The van der Waals surface area contributed by atoms with E-state index in [1.54, 1.807) is 0 Å². The van der Waals surface area contributed by atoms with Crippen molar-refractivity contribution < 1.29 is 23.9 Å². The van der Waals surface area contributed by atoms with E-state index >= 15 is 0 Å². The first-order chi connectivity index (χ1) is 7.50. The van der Waals surface area contributed by atoms with E-state index in [-0.39, 0.29) is 11.3 Å². The molecule has 0 aliphatic carbocycles. The lowest BCUT2D eigenvalue weighted by atomic mass is 10.1. The molecule has 1 aromatic rings. The fourth-order valence-corrected chi connectivity index (χ4v) is 1.56. The van der Waals surface area contributed by atoms with Gasteiger partial charge in [0.2, 0.25) is 0 Å². The Morgan fingerprint density at radius 1 is 1.38 bits per heavy atom. The normalized spacial score (nSPS) is 14.2. The molecular formula is C10H6FNO4. The number of carbonyl (C=O) groups is 3. The number of rotatable bonds is 2. The molecule has 1 aromatic carbocycles. The Labute approximate surface area is 89.1 Å². The molecule has 16 heavy (non-hydrogen) atoms. The van der Waals surface area contributed by atoms with Gasteiger partial charge in [0.1, 0.15) is 12.4 Å². The van der Waals surface area contributed by atoms with E-state index in [9.17, 15) is 18.8 Å². The molecule has 2 rings (SSSR count). The number of carboxylic acids is 1. The second-order valence-corrected chi connectivity index (χ2v) is 3.28. The van der Waals surface area contributed by atoms with Gasteiger partial charge in [0.15, 0.2) is 0 Å². The zero-order valence-electron chi connectivity index (χ0n) is 7.94. The molecular weight excluding hydrogens is 217 g/mol. The number of benzene rings is 1. The fraction of sp³-hybridized carbons (Fsp3) is 0.100. The van der Waals surface area contributed by atoms with E-state index in [2.05, 4.69) is 0 Å². The first kappa shape index (κ1) is 10.3. The van der Waals surface area contributed by atoms with Gasteiger partial charge < -0.3 is 5.11 Å². The van der Waals surface area contributed by atoms with Crippen molar-refractivity contribution in [2.24, 2.45) is 0 Å². The number of amides is 1. The highest BCUT2D eigenvalue weighted by Crippen LogP contribution is 2.29. The van der Waals surface area contributed by atoms with Gasteiger partial charge in [-0.1, -0.05) is 0 Å². The van der Waals surface area contributed by atoms with Crippen molar-refractivity contribution in [3.05, 3.63) is 29.6 Å². The highest BCUT2D eigenvalue weighted by atomic mass is 19.1. The number of carboxylic acid groups (broad SMARTS) is 1. The Hall–Kier alpha value is -2.24. The SMILES string of the molecule is O=C(O)CN1C(=O)C(=O)c2ccc(F)cc21. The Kier molecular flexibility index (Phi) is 2.19. The quantitative estimate of drug-likeness (QED) is 0.738. The fourth-order valence-electron chi connectivity index (χ4n) is 1.56. The molecule has 0 atom stereocenters. The summed E-state index contributed by atoms with van der Waals surface area (Å²) in [7, 11) is 0. The van der Waals surface area contributed by atoms with Crippen molar-refractivity contribution in [2.45, 2.75) is 0 Å². The molecule has 5 nitrogen and oxygen atoms in total. The highest BCUT2D eigenvalue weighted by Gasteiger charge is 2.36. The van der Waals surface area contributed by atoms with Gasteiger partial charge in [-0.25, -0.2) is 4.39 Å². The number of hydrogen-bond donors (Lipinski definition) is 1. The summed E-state index contributed by atoms with van der Waals surface area (Å²) in [6.07, 6.45) is 0. The Bertz CT molecular complexity index is 512. The Morgan fingerprint density at radius 2 is 2.06 bits per heavy atom. The van der Waals surface area contributed by atoms with Crippen LogP contribution in [0.4, 0.5) is 10.1 Å². The maximum Gasteiger partial charge on any atom is 0.323 e. The second-order valence-electron chi connectivity index (χ2n) is 3.28. The van der Waals surface area contributed by atoms with Crippen LogP contribution in [0.2, 0.25) is 0 Å².